The van der Waals surface area contributed by atoms with Gasteiger partial charge >= 0.3 is 5.97 Å². The summed E-state index contributed by atoms with van der Waals surface area (Å²) in [5, 5.41) is 12.0. The maximum absolute atomic E-state index is 11.7. The maximum atomic E-state index is 11.7. The molecule has 0 bridgehead atoms. The molecule has 1 amide bonds. The van der Waals surface area contributed by atoms with Crippen LogP contribution >= 0.6 is 11.6 Å². The Morgan fingerprint density at radius 3 is 2.44 bits per heavy atom. The number of carbonyl (C=O) groups is 2. The van der Waals surface area contributed by atoms with Gasteiger partial charge in [0.25, 0.3) is 0 Å². The molecule has 2 N–H and O–H groups in total. The van der Waals surface area contributed by atoms with Crippen LogP contribution in [-0.2, 0) is 16.0 Å². The molecule has 1 unspecified atom stereocenters. The minimum atomic E-state index is -0.909. The second-order valence-electron chi connectivity index (χ2n) is 4.07. The van der Waals surface area contributed by atoms with E-state index in [0.29, 0.717) is 11.4 Å². The van der Waals surface area contributed by atoms with Crippen molar-refractivity contribution in [2.75, 3.05) is 0 Å². The molecule has 0 aliphatic heterocycles. The Morgan fingerprint density at radius 1 is 1.33 bits per heavy atom. The van der Waals surface area contributed by atoms with Crippen LogP contribution in [0.2, 0.25) is 5.02 Å². The number of halogens is 1. The highest BCUT2D eigenvalue weighted by atomic mass is 35.5. The summed E-state index contributed by atoms with van der Waals surface area (Å²) in [6, 6.07) is 6.68. The van der Waals surface area contributed by atoms with E-state index in [1.807, 2.05) is 6.92 Å². The summed E-state index contributed by atoms with van der Waals surface area (Å²) < 4.78 is 0. The standard InChI is InChI=1S/C13H16ClNO3/c1-2-11(8-13(17)18)15-12(16)7-9-3-5-10(14)6-4-9/h3-6,11H,2,7-8H2,1H3,(H,15,16)(H,17,18). The second kappa shape index (κ2) is 7.01. The highest BCUT2D eigenvalue weighted by Crippen LogP contribution is 2.10. The Labute approximate surface area is 111 Å². The normalized spacial score (nSPS) is 11.9. The van der Waals surface area contributed by atoms with Crippen LogP contribution in [-0.4, -0.2) is 23.0 Å². The molecule has 1 atom stereocenters. The molecule has 0 radical (unpaired) electrons. The molecular formula is C13H16ClNO3. The van der Waals surface area contributed by atoms with Gasteiger partial charge in [0, 0.05) is 11.1 Å². The molecule has 4 nitrogen and oxygen atoms in total. The van der Waals surface area contributed by atoms with E-state index in [4.69, 9.17) is 16.7 Å². The number of aliphatic carboxylic acids is 1. The van der Waals surface area contributed by atoms with Crippen LogP contribution in [0.4, 0.5) is 0 Å². The number of carboxylic acids is 1. The second-order valence-corrected chi connectivity index (χ2v) is 4.51. The third-order valence-corrected chi connectivity index (χ3v) is 2.81. The lowest BCUT2D eigenvalue weighted by atomic mass is 10.1. The van der Waals surface area contributed by atoms with Crippen molar-refractivity contribution < 1.29 is 14.7 Å². The van der Waals surface area contributed by atoms with E-state index < -0.39 is 5.97 Å². The molecule has 0 aliphatic carbocycles. The van der Waals surface area contributed by atoms with Gasteiger partial charge in [-0.15, -0.1) is 0 Å². The Morgan fingerprint density at radius 2 is 1.94 bits per heavy atom. The average Bonchev–Trinajstić information content (AvgIpc) is 2.30. The molecule has 0 aromatic heterocycles. The SMILES string of the molecule is CCC(CC(=O)O)NC(=O)Cc1ccc(Cl)cc1. The molecule has 98 valence electrons. The van der Waals surface area contributed by atoms with Gasteiger partial charge in [-0.05, 0) is 24.1 Å². The van der Waals surface area contributed by atoms with Crippen molar-refractivity contribution in [1.82, 2.24) is 5.32 Å². The number of rotatable bonds is 6. The van der Waals surface area contributed by atoms with Crippen LogP contribution in [0.5, 0.6) is 0 Å². The zero-order valence-corrected chi connectivity index (χ0v) is 10.9. The van der Waals surface area contributed by atoms with Gasteiger partial charge in [0.05, 0.1) is 12.8 Å². The van der Waals surface area contributed by atoms with Crippen LogP contribution in [0.3, 0.4) is 0 Å². The zero-order valence-electron chi connectivity index (χ0n) is 10.1. The summed E-state index contributed by atoms with van der Waals surface area (Å²) in [5.74, 6) is -1.08. The third kappa shape index (κ3) is 5.19. The summed E-state index contributed by atoms with van der Waals surface area (Å²) >= 11 is 5.75. The van der Waals surface area contributed by atoms with Crippen molar-refractivity contribution in [1.29, 1.82) is 0 Å². The number of benzene rings is 1. The van der Waals surface area contributed by atoms with E-state index in [0.717, 1.165) is 5.56 Å². The highest BCUT2D eigenvalue weighted by molar-refractivity contribution is 6.30. The molecule has 1 rings (SSSR count). The smallest absolute Gasteiger partial charge is 0.305 e. The molecule has 0 aliphatic rings. The van der Waals surface area contributed by atoms with Gasteiger partial charge in [0.15, 0.2) is 0 Å². The first-order chi connectivity index (χ1) is 8.51. The van der Waals surface area contributed by atoms with Crippen molar-refractivity contribution in [2.24, 2.45) is 0 Å². The average molecular weight is 270 g/mol. The summed E-state index contributed by atoms with van der Waals surface area (Å²) in [6.07, 6.45) is 0.773. The van der Waals surface area contributed by atoms with Crippen molar-refractivity contribution in [3.05, 3.63) is 34.9 Å². The van der Waals surface area contributed by atoms with Crippen molar-refractivity contribution in [3.8, 4) is 0 Å². The predicted octanol–water partition coefficient (Wildman–Crippen LogP) is 2.25. The molecular weight excluding hydrogens is 254 g/mol. The van der Waals surface area contributed by atoms with E-state index in [2.05, 4.69) is 5.32 Å². The Kier molecular flexibility index (Phi) is 5.65. The lowest BCUT2D eigenvalue weighted by Crippen LogP contribution is -2.36. The van der Waals surface area contributed by atoms with Crippen LogP contribution in [0.25, 0.3) is 0 Å². The predicted molar refractivity (Wildman–Crippen MR) is 69.6 cm³/mol. The summed E-state index contributed by atoms with van der Waals surface area (Å²) in [4.78, 5) is 22.3. The summed E-state index contributed by atoms with van der Waals surface area (Å²) in [5.41, 5.74) is 0.849. The Balaban J connectivity index is 2.49. The number of nitrogens with one attached hydrogen (secondary N) is 1. The van der Waals surface area contributed by atoms with E-state index in [1.54, 1.807) is 24.3 Å². The molecule has 1 aromatic rings. The monoisotopic (exact) mass is 269 g/mol. The van der Waals surface area contributed by atoms with Crippen LogP contribution in [0.1, 0.15) is 25.3 Å². The fourth-order valence-electron chi connectivity index (χ4n) is 1.57. The molecule has 1 aromatic carbocycles. The highest BCUT2D eigenvalue weighted by Gasteiger charge is 2.14. The van der Waals surface area contributed by atoms with Crippen LogP contribution < -0.4 is 5.32 Å². The molecule has 0 spiro atoms. The van der Waals surface area contributed by atoms with E-state index in [-0.39, 0.29) is 24.8 Å². The first kappa shape index (κ1) is 14.5. The topological polar surface area (TPSA) is 66.4 Å². The van der Waals surface area contributed by atoms with Gasteiger partial charge in [-0.2, -0.15) is 0 Å². The number of amides is 1. The molecule has 0 saturated carbocycles. The van der Waals surface area contributed by atoms with Crippen LogP contribution in [0, 0.1) is 0 Å². The maximum Gasteiger partial charge on any atom is 0.305 e. The number of carboxylic acid groups (broad SMARTS) is 1. The summed E-state index contributed by atoms with van der Waals surface area (Å²) in [6.45, 7) is 1.84. The summed E-state index contributed by atoms with van der Waals surface area (Å²) in [7, 11) is 0. The fourth-order valence-corrected chi connectivity index (χ4v) is 1.70. The Bertz CT molecular complexity index is 417. The first-order valence-electron chi connectivity index (χ1n) is 5.77. The zero-order chi connectivity index (χ0) is 13.5. The minimum Gasteiger partial charge on any atom is -0.481 e. The third-order valence-electron chi connectivity index (χ3n) is 2.56. The molecule has 5 heteroatoms. The van der Waals surface area contributed by atoms with Gasteiger partial charge in [-0.25, -0.2) is 0 Å². The molecule has 0 saturated heterocycles. The molecule has 18 heavy (non-hydrogen) atoms. The lowest BCUT2D eigenvalue weighted by molar-refractivity contribution is -0.137. The van der Waals surface area contributed by atoms with E-state index in [1.165, 1.54) is 0 Å². The number of hydrogen-bond donors (Lipinski definition) is 2. The first-order valence-corrected chi connectivity index (χ1v) is 6.14. The van der Waals surface area contributed by atoms with Gasteiger partial charge in [0.1, 0.15) is 0 Å². The van der Waals surface area contributed by atoms with Gasteiger partial charge in [-0.1, -0.05) is 30.7 Å². The van der Waals surface area contributed by atoms with Gasteiger partial charge in [0.2, 0.25) is 5.91 Å². The van der Waals surface area contributed by atoms with Crippen molar-refractivity contribution in [2.45, 2.75) is 32.2 Å². The fraction of sp³-hybridized carbons (Fsp3) is 0.385. The van der Waals surface area contributed by atoms with Gasteiger partial charge in [-0.3, -0.25) is 9.59 Å². The van der Waals surface area contributed by atoms with Gasteiger partial charge < -0.3 is 10.4 Å². The lowest BCUT2D eigenvalue weighted by Gasteiger charge is -2.14. The molecule has 0 heterocycles. The van der Waals surface area contributed by atoms with Crippen molar-refractivity contribution >= 4 is 23.5 Å². The number of hydrogen-bond acceptors (Lipinski definition) is 2. The quantitative estimate of drug-likeness (QED) is 0.832. The Hall–Kier alpha value is -1.55. The molecule has 0 fully saturated rings. The number of carbonyl (C=O) groups excluding carboxylic acids is 1. The largest absolute Gasteiger partial charge is 0.481 e. The van der Waals surface area contributed by atoms with E-state index >= 15 is 0 Å². The van der Waals surface area contributed by atoms with Crippen LogP contribution in [0.15, 0.2) is 24.3 Å². The van der Waals surface area contributed by atoms with Crippen molar-refractivity contribution in [3.63, 3.8) is 0 Å². The van der Waals surface area contributed by atoms with E-state index in [9.17, 15) is 9.59 Å². The minimum absolute atomic E-state index is 0.0527.